The number of halogens is 3. The maximum Gasteiger partial charge on any atom is 0.303 e. The van der Waals surface area contributed by atoms with Crippen LogP contribution in [0.1, 0.15) is 69.0 Å². The van der Waals surface area contributed by atoms with Crippen LogP contribution in [0.15, 0.2) is 30.3 Å². The molecule has 38 heavy (non-hydrogen) atoms. The van der Waals surface area contributed by atoms with Crippen LogP contribution < -0.4 is 10.2 Å². The SMILES string of the molecule is COC1(C)C(=O)N(C2CC2)c2cc3c(N[C@H](C)c4cccc(C(F)(F)C(C)(C)O)c4F)nnc(C)c3cc21. The summed E-state index contributed by atoms with van der Waals surface area (Å²) >= 11 is 0. The van der Waals surface area contributed by atoms with Crippen LogP contribution in [0.4, 0.5) is 24.7 Å². The van der Waals surface area contributed by atoms with Gasteiger partial charge in [-0.1, -0.05) is 12.1 Å². The maximum atomic E-state index is 15.4. The van der Waals surface area contributed by atoms with Crippen LogP contribution in [0.2, 0.25) is 0 Å². The van der Waals surface area contributed by atoms with Gasteiger partial charge in [0.1, 0.15) is 11.4 Å². The van der Waals surface area contributed by atoms with Gasteiger partial charge in [-0.3, -0.25) is 4.79 Å². The number of rotatable bonds is 7. The van der Waals surface area contributed by atoms with Crippen molar-refractivity contribution < 1.29 is 27.8 Å². The first-order valence-electron chi connectivity index (χ1n) is 12.6. The summed E-state index contributed by atoms with van der Waals surface area (Å²) in [4.78, 5) is 15.1. The number of carbonyl (C=O) groups excluding carboxylic acids is 1. The number of aryl methyl sites for hydroxylation is 1. The number of hydrogen-bond acceptors (Lipinski definition) is 6. The number of nitrogens with one attached hydrogen (secondary N) is 1. The van der Waals surface area contributed by atoms with Gasteiger partial charge >= 0.3 is 5.92 Å². The molecule has 0 spiro atoms. The Morgan fingerprint density at radius 3 is 2.50 bits per heavy atom. The topological polar surface area (TPSA) is 87.6 Å². The molecular weight excluding hydrogens is 497 g/mol. The summed E-state index contributed by atoms with van der Waals surface area (Å²) in [5, 5.41) is 23.0. The molecule has 1 unspecified atom stereocenters. The highest BCUT2D eigenvalue weighted by Crippen LogP contribution is 2.49. The van der Waals surface area contributed by atoms with Crippen molar-refractivity contribution in [3.63, 3.8) is 0 Å². The Kier molecular flexibility index (Phi) is 6.00. The fraction of sp³-hybridized carbons (Fsp3) is 0.464. The van der Waals surface area contributed by atoms with Gasteiger partial charge < -0.3 is 20.1 Å². The Morgan fingerprint density at radius 2 is 1.89 bits per heavy atom. The Labute approximate surface area is 219 Å². The third-order valence-electron chi connectivity index (χ3n) is 7.76. The van der Waals surface area contributed by atoms with E-state index in [1.54, 1.807) is 25.7 Å². The van der Waals surface area contributed by atoms with Crippen molar-refractivity contribution >= 4 is 28.2 Å². The van der Waals surface area contributed by atoms with Crippen molar-refractivity contribution in [1.29, 1.82) is 0 Å². The first kappa shape index (κ1) is 26.4. The maximum absolute atomic E-state index is 15.4. The second-order valence-corrected chi connectivity index (χ2v) is 10.9. The number of benzene rings is 2. The van der Waals surface area contributed by atoms with Gasteiger partial charge in [-0.25, -0.2) is 4.39 Å². The monoisotopic (exact) mass is 528 g/mol. The molecular formula is C28H31F3N4O3. The molecule has 7 nitrogen and oxygen atoms in total. The fourth-order valence-electron chi connectivity index (χ4n) is 5.09. The normalized spacial score (nSPS) is 20.7. The number of carbonyl (C=O) groups is 1. The molecule has 2 aromatic carbocycles. The Morgan fingerprint density at radius 1 is 1.21 bits per heavy atom. The van der Waals surface area contributed by atoms with Crippen LogP contribution in [0.5, 0.6) is 0 Å². The van der Waals surface area contributed by atoms with E-state index in [1.165, 1.54) is 19.2 Å². The van der Waals surface area contributed by atoms with E-state index in [0.717, 1.165) is 49.4 Å². The molecule has 2 N–H and O–H groups in total. The highest BCUT2D eigenvalue weighted by atomic mass is 19.3. The number of fused-ring (bicyclic) bond motifs is 2. The van der Waals surface area contributed by atoms with Gasteiger partial charge in [0.05, 0.1) is 23.0 Å². The van der Waals surface area contributed by atoms with Gasteiger partial charge in [-0.15, -0.1) is 5.10 Å². The minimum absolute atomic E-state index is 0.00940. The van der Waals surface area contributed by atoms with E-state index >= 15 is 4.39 Å². The minimum atomic E-state index is -3.81. The lowest BCUT2D eigenvalue weighted by atomic mass is 9.91. The third-order valence-corrected chi connectivity index (χ3v) is 7.76. The number of alkyl halides is 2. The molecule has 10 heteroatoms. The number of aliphatic hydroxyl groups is 1. The first-order chi connectivity index (χ1) is 17.7. The van der Waals surface area contributed by atoms with Crippen LogP contribution in [-0.2, 0) is 21.1 Å². The summed E-state index contributed by atoms with van der Waals surface area (Å²) in [6.45, 7) is 7.07. The smallest absolute Gasteiger partial charge is 0.303 e. The predicted molar refractivity (Wildman–Crippen MR) is 138 cm³/mol. The molecule has 202 valence electrons. The van der Waals surface area contributed by atoms with Crippen molar-refractivity contribution in [1.82, 2.24) is 10.2 Å². The molecule has 1 aromatic heterocycles. The largest absolute Gasteiger partial charge is 0.384 e. The Bertz CT molecular complexity index is 1450. The molecule has 0 radical (unpaired) electrons. The number of amides is 1. The van der Waals surface area contributed by atoms with Gasteiger partial charge in [0.2, 0.25) is 0 Å². The highest BCUT2D eigenvalue weighted by molar-refractivity contribution is 6.11. The Balaban J connectivity index is 1.59. The number of anilines is 2. The summed E-state index contributed by atoms with van der Waals surface area (Å²) < 4.78 is 50.8. The standard InChI is InChI=1S/C28H31F3N4O3/c1-14(17-8-7-9-20(23(17)29)28(30,31)26(3,4)37)32-24-19-13-22-21(12-18(19)15(2)33-34-24)27(5,38-6)25(36)35(22)16-10-11-16/h7-9,12-14,16,37H,10-11H2,1-6H3,(H,32,34)/t14-,27?/m1/s1. The summed E-state index contributed by atoms with van der Waals surface area (Å²) in [5.74, 6) is -4.71. The van der Waals surface area contributed by atoms with Crippen LogP contribution in [0.3, 0.4) is 0 Å². The molecule has 2 atom stereocenters. The van der Waals surface area contributed by atoms with E-state index in [1.807, 2.05) is 12.1 Å². The molecule has 0 bridgehead atoms. The zero-order valence-corrected chi connectivity index (χ0v) is 22.2. The second-order valence-electron chi connectivity index (χ2n) is 10.9. The van der Waals surface area contributed by atoms with Crippen LogP contribution >= 0.6 is 0 Å². The highest BCUT2D eigenvalue weighted by Gasteiger charge is 2.52. The number of ether oxygens (including phenoxy) is 1. The zero-order chi connectivity index (χ0) is 27.8. The molecule has 1 aliphatic heterocycles. The van der Waals surface area contributed by atoms with Gasteiger partial charge in [0.15, 0.2) is 11.4 Å². The van der Waals surface area contributed by atoms with Gasteiger partial charge in [0.25, 0.3) is 5.91 Å². The lowest BCUT2D eigenvalue weighted by Gasteiger charge is -2.30. The van der Waals surface area contributed by atoms with E-state index in [9.17, 15) is 18.7 Å². The van der Waals surface area contributed by atoms with Gasteiger partial charge in [-0.2, -0.15) is 13.9 Å². The van der Waals surface area contributed by atoms with E-state index in [0.29, 0.717) is 16.9 Å². The van der Waals surface area contributed by atoms with E-state index < -0.39 is 34.5 Å². The number of hydrogen-bond donors (Lipinski definition) is 2. The molecule has 1 saturated carbocycles. The third kappa shape index (κ3) is 3.84. The first-order valence-corrected chi connectivity index (χ1v) is 12.6. The Hall–Kier alpha value is -3.24. The summed E-state index contributed by atoms with van der Waals surface area (Å²) in [6.07, 6.45) is 1.81. The van der Waals surface area contributed by atoms with Crippen molar-refractivity contribution in [2.75, 3.05) is 17.3 Å². The molecule has 1 aliphatic carbocycles. The number of methoxy groups -OCH3 is 1. The lowest BCUT2D eigenvalue weighted by Crippen LogP contribution is -2.41. The average molecular weight is 529 g/mol. The molecule has 1 amide bonds. The van der Waals surface area contributed by atoms with Crippen molar-refractivity contribution in [3.8, 4) is 0 Å². The minimum Gasteiger partial charge on any atom is -0.384 e. The number of nitrogens with zero attached hydrogens (tertiary/aromatic N) is 3. The summed E-state index contributed by atoms with van der Waals surface area (Å²) in [6, 6.07) is 6.82. The molecule has 3 aromatic rings. The van der Waals surface area contributed by atoms with Crippen molar-refractivity contribution in [3.05, 3.63) is 58.5 Å². The van der Waals surface area contributed by atoms with Crippen LogP contribution in [0.25, 0.3) is 10.8 Å². The quantitative estimate of drug-likeness (QED) is 0.422. The molecule has 5 rings (SSSR count). The van der Waals surface area contributed by atoms with E-state index in [2.05, 4.69) is 15.5 Å². The fourth-order valence-corrected chi connectivity index (χ4v) is 5.09. The summed E-state index contributed by atoms with van der Waals surface area (Å²) in [5.41, 5.74) is -2.37. The zero-order valence-electron chi connectivity index (χ0n) is 22.2. The lowest BCUT2D eigenvalue weighted by molar-refractivity contribution is -0.170. The second kappa shape index (κ2) is 8.64. The van der Waals surface area contributed by atoms with Gasteiger partial charge in [0, 0.05) is 35.1 Å². The van der Waals surface area contributed by atoms with Gasteiger partial charge in [-0.05, 0) is 65.7 Å². The average Bonchev–Trinajstić information content (AvgIpc) is 3.66. The van der Waals surface area contributed by atoms with Crippen molar-refractivity contribution in [2.24, 2.45) is 0 Å². The van der Waals surface area contributed by atoms with E-state index in [-0.39, 0.29) is 17.5 Å². The van der Waals surface area contributed by atoms with Crippen molar-refractivity contribution in [2.45, 2.75) is 76.7 Å². The molecule has 1 fully saturated rings. The number of aromatic nitrogens is 2. The van der Waals surface area contributed by atoms with Crippen LogP contribution in [0, 0.1) is 12.7 Å². The predicted octanol–water partition coefficient (Wildman–Crippen LogP) is 5.48. The van der Waals surface area contributed by atoms with Crippen LogP contribution in [-0.4, -0.2) is 40.0 Å². The molecule has 2 aliphatic rings. The molecule has 0 saturated heterocycles. The summed E-state index contributed by atoms with van der Waals surface area (Å²) in [7, 11) is 1.51. The molecule has 2 heterocycles. The van der Waals surface area contributed by atoms with E-state index in [4.69, 9.17) is 4.74 Å².